The quantitative estimate of drug-likeness (QED) is 0.729. The van der Waals surface area contributed by atoms with E-state index in [9.17, 15) is 4.79 Å². The molecule has 1 fully saturated rings. The number of benzene rings is 1. The highest BCUT2D eigenvalue weighted by Crippen LogP contribution is 2.30. The van der Waals surface area contributed by atoms with Crippen molar-refractivity contribution in [3.8, 4) is 0 Å². The van der Waals surface area contributed by atoms with Crippen LogP contribution in [0.25, 0.3) is 0 Å². The van der Waals surface area contributed by atoms with E-state index in [4.69, 9.17) is 10.5 Å². The lowest BCUT2D eigenvalue weighted by atomic mass is 9.97. The number of nitrogens with two attached hydrogens (primary N) is 1. The van der Waals surface area contributed by atoms with E-state index in [1.54, 1.807) is 0 Å². The molecule has 0 spiro atoms. The molecule has 5 nitrogen and oxygen atoms in total. The van der Waals surface area contributed by atoms with Crippen molar-refractivity contribution < 1.29 is 9.53 Å². The molecule has 1 amide bonds. The lowest BCUT2D eigenvalue weighted by Gasteiger charge is -2.31. The summed E-state index contributed by atoms with van der Waals surface area (Å²) >= 11 is 0. The van der Waals surface area contributed by atoms with Crippen molar-refractivity contribution in [3.63, 3.8) is 0 Å². The van der Waals surface area contributed by atoms with Crippen LogP contribution in [0.5, 0.6) is 0 Å². The number of carbonyl (C=O) groups excluding carboxylic acids is 1. The molecule has 2 rings (SSSR count). The summed E-state index contributed by atoms with van der Waals surface area (Å²) in [6, 6.07) is 7.88. The van der Waals surface area contributed by atoms with Crippen molar-refractivity contribution in [2.75, 3.05) is 12.3 Å². The predicted octanol–water partition coefficient (Wildman–Crippen LogP) is 3.20. The monoisotopic (exact) mass is 319 g/mol. The van der Waals surface area contributed by atoms with Crippen LogP contribution in [-0.2, 0) is 11.3 Å². The molecular formula is C18H29N3O2. The van der Waals surface area contributed by atoms with E-state index in [-0.39, 0.29) is 11.6 Å². The smallest absolute Gasteiger partial charge is 0.407 e. The standard InChI is InChI=1S/C18H29N3O2/c1-17(2,3)23-16(22)20-13-18(10-6-7-11-18)21-12-14-8-4-5-9-15(14)19/h4-5,8-9,21H,6-7,10-13,19H2,1-3H3,(H,20,22). The van der Waals surface area contributed by atoms with Gasteiger partial charge in [-0.3, -0.25) is 0 Å². The third-order valence-corrected chi connectivity index (χ3v) is 4.24. The SMILES string of the molecule is CC(C)(C)OC(=O)NCC1(NCc2ccccc2N)CCCC1. The van der Waals surface area contributed by atoms with E-state index in [1.807, 2.05) is 45.0 Å². The summed E-state index contributed by atoms with van der Waals surface area (Å²) in [5.74, 6) is 0. The van der Waals surface area contributed by atoms with Crippen LogP contribution in [0.2, 0.25) is 0 Å². The predicted molar refractivity (Wildman–Crippen MR) is 93.1 cm³/mol. The van der Waals surface area contributed by atoms with Gasteiger partial charge in [-0.2, -0.15) is 0 Å². The van der Waals surface area contributed by atoms with Gasteiger partial charge in [0, 0.05) is 24.3 Å². The highest BCUT2D eigenvalue weighted by Gasteiger charge is 2.34. The van der Waals surface area contributed by atoms with Gasteiger partial charge in [0.1, 0.15) is 5.60 Å². The Morgan fingerprint density at radius 2 is 1.91 bits per heavy atom. The number of hydrogen-bond acceptors (Lipinski definition) is 4. The largest absolute Gasteiger partial charge is 0.444 e. The van der Waals surface area contributed by atoms with Crippen molar-refractivity contribution >= 4 is 11.8 Å². The number of rotatable bonds is 5. The second kappa shape index (κ2) is 7.21. The summed E-state index contributed by atoms with van der Waals surface area (Å²) in [5, 5.41) is 6.54. The van der Waals surface area contributed by atoms with Crippen molar-refractivity contribution in [2.45, 2.75) is 64.1 Å². The van der Waals surface area contributed by atoms with Gasteiger partial charge < -0.3 is 21.1 Å². The Hall–Kier alpha value is -1.75. The number of para-hydroxylation sites is 1. The molecule has 1 aliphatic carbocycles. The van der Waals surface area contributed by atoms with Crippen LogP contribution in [0.4, 0.5) is 10.5 Å². The van der Waals surface area contributed by atoms with Gasteiger partial charge in [0.25, 0.3) is 0 Å². The Bertz CT molecular complexity index is 531. The second-order valence-corrected chi connectivity index (χ2v) is 7.40. The van der Waals surface area contributed by atoms with E-state index >= 15 is 0 Å². The van der Waals surface area contributed by atoms with E-state index in [0.29, 0.717) is 13.1 Å². The maximum atomic E-state index is 11.9. The summed E-state index contributed by atoms with van der Waals surface area (Å²) in [6.07, 6.45) is 4.09. The normalized spacial score (nSPS) is 17.0. The Kier molecular flexibility index (Phi) is 5.52. The summed E-state index contributed by atoms with van der Waals surface area (Å²) in [7, 11) is 0. The number of amides is 1. The first-order chi connectivity index (χ1) is 10.8. The first kappa shape index (κ1) is 17.6. The van der Waals surface area contributed by atoms with E-state index in [2.05, 4.69) is 10.6 Å². The summed E-state index contributed by atoms with van der Waals surface area (Å²) in [5.41, 5.74) is 7.36. The van der Waals surface area contributed by atoms with Crippen molar-refractivity contribution in [2.24, 2.45) is 0 Å². The van der Waals surface area contributed by atoms with E-state index < -0.39 is 5.60 Å². The number of anilines is 1. The zero-order chi connectivity index (χ0) is 16.9. The fourth-order valence-corrected chi connectivity index (χ4v) is 3.00. The minimum absolute atomic E-state index is 0.0703. The van der Waals surface area contributed by atoms with Crippen LogP contribution >= 0.6 is 0 Å². The molecule has 0 saturated heterocycles. The highest BCUT2D eigenvalue weighted by atomic mass is 16.6. The first-order valence-electron chi connectivity index (χ1n) is 8.35. The molecule has 0 heterocycles. The third-order valence-electron chi connectivity index (χ3n) is 4.24. The Labute approximate surface area is 139 Å². The highest BCUT2D eigenvalue weighted by molar-refractivity contribution is 5.67. The summed E-state index contributed by atoms with van der Waals surface area (Å²) in [6.45, 7) is 6.90. The molecule has 0 aliphatic heterocycles. The Morgan fingerprint density at radius 3 is 2.52 bits per heavy atom. The van der Waals surface area contributed by atoms with Gasteiger partial charge in [0.15, 0.2) is 0 Å². The molecule has 1 saturated carbocycles. The van der Waals surface area contributed by atoms with Crippen molar-refractivity contribution in [1.82, 2.24) is 10.6 Å². The molecule has 0 aromatic heterocycles. The number of carbonyl (C=O) groups is 1. The number of nitrogen functional groups attached to an aromatic ring is 1. The van der Waals surface area contributed by atoms with Gasteiger partial charge in [-0.25, -0.2) is 4.79 Å². The molecule has 0 bridgehead atoms. The molecule has 1 aliphatic rings. The topological polar surface area (TPSA) is 76.4 Å². The molecule has 4 N–H and O–H groups in total. The molecular weight excluding hydrogens is 290 g/mol. The van der Waals surface area contributed by atoms with Gasteiger partial charge in [0.05, 0.1) is 0 Å². The minimum Gasteiger partial charge on any atom is -0.444 e. The number of alkyl carbamates (subject to hydrolysis) is 1. The Morgan fingerprint density at radius 1 is 1.26 bits per heavy atom. The van der Waals surface area contributed by atoms with Crippen molar-refractivity contribution in [1.29, 1.82) is 0 Å². The fraction of sp³-hybridized carbons (Fsp3) is 0.611. The number of nitrogens with one attached hydrogen (secondary N) is 2. The average Bonchev–Trinajstić information content (AvgIpc) is 2.92. The van der Waals surface area contributed by atoms with Gasteiger partial charge in [-0.15, -0.1) is 0 Å². The van der Waals surface area contributed by atoms with Gasteiger partial charge >= 0.3 is 6.09 Å². The lowest BCUT2D eigenvalue weighted by Crippen LogP contribution is -2.52. The number of ether oxygens (including phenoxy) is 1. The van der Waals surface area contributed by atoms with Crippen LogP contribution in [0.1, 0.15) is 52.0 Å². The molecule has 1 aromatic rings. The molecule has 23 heavy (non-hydrogen) atoms. The zero-order valence-electron chi connectivity index (χ0n) is 14.4. The first-order valence-corrected chi connectivity index (χ1v) is 8.35. The second-order valence-electron chi connectivity index (χ2n) is 7.40. The molecule has 0 unspecified atom stereocenters. The van der Waals surface area contributed by atoms with Crippen LogP contribution in [0, 0.1) is 0 Å². The average molecular weight is 319 g/mol. The Balaban J connectivity index is 1.92. The molecule has 1 aromatic carbocycles. The van der Waals surface area contributed by atoms with Gasteiger partial charge in [-0.05, 0) is 45.2 Å². The van der Waals surface area contributed by atoms with Crippen LogP contribution < -0.4 is 16.4 Å². The maximum Gasteiger partial charge on any atom is 0.407 e. The summed E-state index contributed by atoms with van der Waals surface area (Å²) in [4.78, 5) is 11.9. The lowest BCUT2D eigenvalue weighted by molar-refractivity contribution is 0.0509. The molecule has 0 atom stereocenters. The van der Waals surface area contributed by atoms with Gasteiger partial charge in [-0.1, -0.05) is 31.0 Å². The van der Waals surface area contributed by atoms with Gasteiger partial charge in [0.2, 0.25) is 0 Å². The van der Waals surface area contributed by atoms with Crippen molar-refractivity contribution in [3.05, 3.63) is 29.8 Å². The van der Waals surface area contributed by atoms with E-state index in [1.165, 1.54) is 12.8 Å². The fourth-order valence-electron chi connectivity index (χ4n) is 3.00. The molecule has 0 radical (unpaired) electrons. The summed E-state index contributed by atoms with van der Waals surface area (Å²) < 4.78 is 5.33. The van der Waals surface area contributed by atoms with E-state index in [0.717, 1.165) is 24.1 Å². The third kappa shape index (κ3) is 5.43. The minimum atomic E-state index is -0.473. The number of hydrogen-bond donors (Lipinski definition) is 3. The maximum absolute atomic E-state index is 11.9. The van der Waals surface area contributed by atoms with Crippen LogP contribution in [-0.4, -0.2) is 23.8 Å². The molecule has 5 heteroatoms. The van der Waals surface area contributed by atoms with Crippen LogP contribution in [0.15, 0.2) is 24.3 Å². The molecule has 128 valence electrons. The van der Waals surface area contributed by atoms with Crippen LogP contribution in [0.3, 0.4) is 0 Å². The zero-order valence-corrected chi connectivity index (χ0v) is 14.4.